The largest absolute Gasteiger partial charge is 0.356 e. The Morgan fingerprint density at radius 3 is 2.57 bits per heavy atom. The summed E-state index contributed by atoms with van der Waals surface area (Å²) in [6.45, 7) is 6.23. The first kappa shape index (κ1) is 14.5. The van der Waals surface area contributed by atoms with Crippen molar-refractivity contribution in [2.24, 2.45) is 0 Å². The molecular weight excluding hydrogens is 308 g/mol. The van der Waals surface area contributed by atoms with Crippen LogP contribution in [-0.2, 0) is 0 Å². The molecule has 3 aromatic rings. The molecule has 0 spiro atoms. The van der Waals surface area contributed by atoms with Gasteiger partial charge in [-0.1, -0.05) is 29.8 Å². The van der Waals surface area contributed by atoms with E-state index in [4.69, 9.17) is 21.7 Å². The van der Waals surface area contributed by atoms with Crippen molar-refractivity contribution in [2.45, 2.75) is 26.7 Å². The molecule has 1 saturated heterocycles. The van der Waals surface area contributed by atoms with Crippen LogP contribution in [0.2, 0.25) is 5.02 Å². The third-order valence-electron chi connectivity index (χ3n) is 4.45. The minimum absolute atomic E-state index is 0.733. The van der Waals surface area contributed by atoms with Gasteiger partial charge in [-0.25, -0.2) is 4.98 Å². The van der Waals surface area contributed by atoms with Gasteiger partial charge in [-0.05, 0) is 32.8 Å². The molecule has 3 heterocycles. The summed E-state index contributed by atoms with van der Waals surface area (Å²) in [4.78, 5) is 7.15. The van der Waals surface area contributed by atoms with Crippen molar-refractivity contribution in [2.75, 3.05) is 18.0 Å². The van der Waals surface area contributed by atoms with Gasteiger partial charge in [-0.3, -0.25) is 0 Å². The highest BCUT2D eigenvalue weighted by Crippen LogP contribution is 2.34. The quantitative estimate of drug-likeness (QED) is 0.705. The molecule has 1 aromatic carbocycles. The zero-order valence-corrected chi connectivity index (χ0v) is 14.1. The summed E-state index contributed by atoms with van der Waals surface area (Å²) in [5.74, 6) is 1.13. The van der Waals surface area contributed by atoms with Gasteiger partial charge >= 0.3 is 0 Å². The van der Waals surface area contributed by atoms with E-state index in [1.165, 1.54) is 12.8 Å². The molecule has 0 saturated carbocycles. The predicted octanol–water partition coefficient (Wildman–Crippen LogP) is 4.27. The van der Waals surface area contributed by atoms with Crippen molar-refractivity contribution < 1.29 is 0 Å². The summed E-state index contributed by atoms with van der Waals surface area (Å²) >= 11 is 6.42. The van der Waals surface area contributed by atoms with E-state index in [-0.39, 0.29) is 0 Å². The SMILES string of the molecule is Cc1cc(N2CCCC2)n2nc(C)c(-c3ccccc3Cl)c2n1. The Hall–Kier alpha value is -2.07. The van der Waals surface area contributed by atoms with Gasteiger partial charge in [-0.2, -0.15) is 9.61 Å². The van der Waals surface area contributed by atoms with Crippen LogP contribution in [0.25, 0.3) is 16.8 Å². The van der Waals surface area contributed by atoms with Crippen molar-refractivity contribution in [1.29, 1.82) is 0 Å². The van der Waals surface area contributed by atoms with Crippen molar-refractivity contribution in [1.82, 2.24) is 14.6 Å². The van der Waals surface area contributed by atoms with Crippen LogP contribution in [-0.4, -0.2) is 27.7 Å². The van der Waals surface area contributed by atoms with E-state index in [0.29, 0.717) is 0 Å². The average molecular weight is 327 g/mol. The minimum atomic E-state index is 0.733. The molecule has 118 valence electrons. The number of hydrogen-bond donors (Lipinski definition) is 0. The summed E-state index contributed by atoms with van der Waals surface area (Å²) < 4.78 is 1.98. The van der Waals surface area contributed by atoms with Crippen LogP contribution in [0.15, 0.2) is 30.3 Å². The maximum atomic E-state index is 6.42. The van der Waals surface area contributed by atoms with Gasteiger partial charge in [0.1, 0.15) is 5.82 Å². The Bertz CT molecular complexity index is 878. The molecule has 4 nitrogen and oxygen atoms in total. The van der Waals surface area contributed by atoms with Crippen molar-refractivity contribution in [3.8, 4) is 11.1 Å². The van der Waals surface area contributed by atoms with Gasteiger partial charge in [0.25, 0.3) is 0 Å². The van der Waals surface area contributed by atoms with Crippen LogP contribution in [0.4, 0.5) is 5.82 Å². The van der Waals surface area contributed by atoms with Crippen LogP contribution >= 0.6 is 11.6 Å². The number of fused-ring (bicyclic) bond motifs is 1. The summed E-state index contributed by atoms with van der Waals surface area (Å²) in [7, 11) is 0. The molecule has 0 bridgehead atoms. The number of aromatic nitrogens is 3. The molecule has 5 heteroatoms. The van der Waals surface area contributed by atoms with Crippen molar-refractivity contribution in [3.63, 3.8) is 0 Å². The summed E-state index contributed by atoms with van der Waals surface area (Å²) in [5, 5.41) is 5.50. The highest BCUT2D eigenvalue weighted by atomic mass is 35.5. The fourth-order valence-corrected chi connectivity index (χ4v) is 3.61. The average Bonchev–Trinajstić information content (AvgIpc) is 3.15. The number of anilines is 1. The lowest BCUT2D eigenvalue weighted by atomic mass is 10.1. The van der Waals surface area contributed by atoms with E-state index in [1.54, 1.807) is 0 Å². The standard InChI is InChI=1S/C18H19ClN4/c1-12-11-16(22-9-5-6-10-22)23-18(20-12)17(13(2)21-23)14-7-3-4-8-15(14)19/h3-4,7-8,11H,5-6,9-10H2,1-2H3. The zero-order chi connectivity index (χ0) is 16.0. The summed E-state index contributed by atoms with van der Waals surface area (Å²) in [6, 6.07) is 10.0. The van der Waals surface area contributed by atoms with E-state index < -0.39 is 0 Å². The topological polar surface area (TPSA) is 33.4 Å². The van der Waals surface area contributed by atoms with Gasteiger partial charge in [0.05, 0.1) is 11.3 Å². The van der Waals surface area contributed by atoms with Gasteiger partial charge < -0.3 is 4.90 Å². The minimum Gasteiger partial charge on any atom is -0.356 e. The lowest BCUT2D eigenvalue weighted by Crippen LogP contribution is -2.21. The molecule has 1 aliphatic rings. The van der Waals surface area contributed by atoms with Gasteiger partial charge in [0.2, 0.25) is 0 Å². The number of aryl methyl sites for hydroxylation is 2. The predicted molar refractivity (Wildman–Crippen MR) is 94.4 cm³/mol. The monoisotopic (exact) mass is 326 g/mol. The van der Waals surface area contributed by atoms with Gasteiger partial charge in [0, 0.05) is 35.4 Å². The zero-order valence-electron chi connectivity index (χ0n) is 13.4. The first-order valence-electron chi connectivity index (χ1n) is 8.02. The van der Waals surface area contributed by atoms with Crippen LogP contribution in [0, 0.1) is 13.8 Å². The van der Waals surface area contributed by atoms with E-state index in [1.807, 2.05) is 42.6 Å². The summed E-state index contributed by atoms with van der Waals surface area (Å²) in [5.41, 5.74) is 4.87. The fraction of sp³-hybridized carbons (Fsp3) is 0.333. The third-order valence-corrected chi connectivity index (χ3v) is 4.78. The molecule has 0 unspecified atom stereocenters. The van der Waals surface area contributed by atoms with Crippen molar-refractivity contribution >= 4 is 23.1 Å². The Kier molecular flexibility index (Phi) is 3.49. The molecule has 0 amide bonds. The number of nitrogens with zero attached hydrogens (tertiary/aromatic N) is 4. The van der Waals surface area contributed by atoms with E-state index in [2.05, 4.69) is 11.0 Å². The molecule has 0 radical (unpaired) electrons. The Morgan fingerprint density at radius 1 is 1.09 bits per heavy atom. The molecule has 1 aliphatic heterocycles. The van der Waals surface area contributed by atoms with E-state index in [0.717, 1.165) is 52.1 Å². The number of hydrogen-bond acceptors (Lipinski definition) is 3. The first-order valence-corrected chi connectivity index (χ1v) is 8.40. The first-order chi connectivity index (χ1) is 11.1. The van der Waals surface area contributed by atoms with Crippen LogP contribution in [0.3, 0.4) is 0 Å². The van der Waals surface area contributed by atoms with E-state index >= 15 is 0 Å². The molecular formula is C18H19ClN4. The normalized spacial score (nSPS) is 14.8. The molecule has 0 aliphatic carbocycles. The lowest BCUT2D eigenvalue weighted by Gasteiger charge is -2.19. The van der Waals surface area contributed by atoms with Gasteiger partial charge in [-0.15, -0.1) is 0 Å². The highest BCUT2D eigenvalue weighted by molar-refractivity contribution is 6.33. The highest BCUT2D eigenvalue weighted by Gasteiger charge is 2.21. The Labute approximate surface area is 140 Å². The third kappa shape index (κ3) is 2.38. The smallest absolute Gasteiger partial charge is 0.165 e. The molecule has 0 atom stereocenters. The van der Waals surface area contributed by atoms with Gasteiger partial charge in [0.15, 0.2) is 5.65 Å². The maximum absolute atomic E-state index is 6.42. The second kappa shape index (κ2) is 5.53. The fourth-order valence-electron chi connectivity index (χ4n) is 3.38. The lowest BCUT2D eigenvalue weighted by molar-refractivity contribution is 0.837. The molecule has 2 aromatic heterocycles. The molecule has 4 rings (SSSR count). The molecule has 0 N–H and O–H groups in total. The number of halogens is 1. The molecule has 23 heavy (non-hydrogen) atoms. The number of benzene rings is 1. The van der Waals surface area contributed by atoms with Crippen molar-refractivity contribution in [3.05, 3.63) is 46.7 Å². The van der Waals surface area contributed by atoms with Crippen LogP contribution in [0.5, 0.6) is 0 Å². The second-order valence-electron chi connectivity index (χ2n) is 6.13. The summed E-state index contributed by atoms with van der Waals surface area (Å²) in [6.07, 6.45) is 2.47. The van der Waals surface area contributed by atoms with Crippen LogP contribution in [0.1, 0.15) is 24.2 Å². The number of rotatable bonds is 2. The Balaban J connectivity index is 2.00. The Morgan fingerprint density at radius 2 is 1.83 bits per heavy atom. The maximum Gasteiger partial charge on any atom is 0.165 e. The van der Waals surface area contributed by atoms with E-state index in [9.17, 15) is 0 Å². The second-order valence-corrected chi connectivity index (χ2v) is 6.53. The molecule has 1 fully saturated rings. The van der Waals surface area contributed by atoms with Crippen LogP contribution < -0.4 is 4.90 Å².